The predicted octanol–water partition coefficient (Wildman–Crippen LogP) is 2.83. The molecule has 0 aromatic heterocycles. The molecule has 2 aromatic carbocycles. The Bertz CT molecular complexity index is 441. The topological polar surface area (TPSA) is 40.5 Å². The number of phenolic OH excluding ortho intramolecular Hbond substituents is 1. The Kier molecular flexibility index (Phi) is 4.46. The molecule has 2 aromatic rings. The summed E-state index contributed by atoms with van der Waals surface area (Å²) in [5, 5.41) is 19.0. The number of rotatable bonds is 0. The van der Waals surface area contributed by atoms with E-state index in [1.54, 1.807) is 13.0 Å². The van der Waals surface area contributed by atoms with Crippen molar-refractivity contribution in [3.05, 3.63) is 36.4 Å². The van der Waals surface area contributed by atoms with Gasteiger partial charge in [0.15, 0.2) is 0 Å². The lowest BCUT2D eigenvalue weighted by atomic mass is 10.1. The van der Waals surface area contributed by atoms with E-state index in [1.165, 1.54) is 0 Å². The number of aliphatic hydroxyl groups is 1. The van der Waals surface area contributed by atoms with Crippen LogP contribution in [0.1, 0.15) is 6.92 Å². The second-order valence-electron chi connectivity index (χ2n) is 2.97. The summed E-state index contributed by atoms with van der Waals surface area (Å²) >= 11 is 4.12. The van der Waals surface area contributed by atoms with Crippen LogP contribution in [0.2, 0.25) is 0 Å². The molecular weight excluding hydrogens is 208 g/mol. The maximum Gasteiger partial charge on any atom is 0.136 e. The Hall–Kier alpha value is -1.19. The fourth-order valence-electron chi connectivity index (χ4n) is 1.24. The first kappa shape index (κ1) is 11.9. The molecule has 0 amide bonds. The molecule has 0 saturated heterocycles. The summed E-state index contributed by atoms with van der Waals surface area (Å²) < 4.78 is 0. The van der Waals surface area contributed by atoms with Crippen LogP contribution < -0.4 is 0 Å². The highest BCUT2D eigenvalue weighted by atomic mass is 32.1. The van der Waals surface area contributed by atoms with E-state index < -0.39 is 0 Å². The predicted molar refractivity (Wildman–Crippen MR) is 65.6 cm³/mol. The van der Waals surface area contributed by atoms with Gasteiger partial charge in [0, 0.05) is 16.9 Å². The van der Waals surface area contributed by atoms with Crippen molar-refractivity contribution >= 4 is 23.4 Å². The second-order valence-corrected chi connectivity index (χ2v) is 3.45. The van der Waals surface area contributed by atoms with E-state index in [9.17, 15) is 5.11 Å². The van der Waals surface area contributed by atoms with Crippen molar-refractivity contribution in [2.45, 2.75) is 11.8 Å². The number of fused-ring (bicyclic) bond motifs is 1. The SMILES string of the molecule is CCO.Oc1c(S)ccc2ccccc12. The second kappa shape index (κ2) is 5.63. The molecule has 0 fully saturated rings. The lowest BCUT2D eigenvalue weighted by molar-refractivity contribution is 0.318. The van der Waals surface area contributed by atoms with Crippen molar-refractivity contribution in [1.82, 2.24) is 0 Å². The van der Waals surface area contributed by atoms with Gasteiger partial charge in [0.2, 0.25) is 0 Å². The van der Waals surface area contributed by atoms with E-state index in [0.29, 0.717) is 4.90 Å². The molecule has 0 unspecified atom stereocenters. The van der Waals surface area contributed by atoms with Gasteiger partial charge in [-0.05, 0) is 18.4 Å². The monoisotopic (exact) mass is 222 g/mol. The van der Waals surface area contributed by atoms with E-state index in [1.807, 2.05) is 30.3 Å². The van der Waals surface area contributed by atoms with Crippen molar-refractivity contribution in [3.63, 3.8) is 0 Å². The Labute approximate surface area is 94.6 Å². The molecule has 0 bridgehead atoms. The Morgan fingerprint density at radius 2 is 1.73 bits per heavy atom. The van der Waals surface area contributed by atoms with E-state index in [2.05, 4.69) is 12.6 Å². The van der Waals surface area contributed by atoms with Gasteiger partial charge in [-0.3, -0.25) is 0 Å². The molecule has 0 aliphatic carbocycles. The average molecular weight is 222 g/mol. The number of thiol groups is 1. The lowest BCUT2D eigenvalue weighted by Crippen LogP contribution is -1.74. The minimum Gasteiger partial charge on any atom is -0.506 e. The van der Waals surface area contributed by atoms with Gasteiger partial charge in [-0.1, -0.05) is 30.3 Å². The van der Waals surface area contributed by atoms with Crippen LogP contribution >= 0.6 is 12.6 Å². The van der Waals surface area contributed by atoms with Crippen molar-refractivity contribution in [3.8, 4) is 5.75 Å². The van der Waals surface area contributed by atoms with E-state index in [4.69, 9.17) is 5.11 Å². The summed E-state index contributed by atoms with van der Waals surface area (Å²) in [6, 6.07) is 11.4. The molecule has 0 aliphatic rings. The zero-order chi connectivity index (χ0) is 11.3. The third kappa shape index (κ3) is 2.88. The molecule has 0 aliphatic heterocycles. The van der Waals surface area contributed by atoms with Crippen LogP contribution in [-0.4, -0.2) is 16.8 Å². The summed E-state index contributed by atoms with van der Waals surface area (Å²) in [4.78, 5) is 0.619. The average Bonchev–Trinajstić information content (AvgIpc) is 2.25. The van der Waals surface area contributed by atoms with E-state index >= 15 is 0 Å². The molecule has 2 rings (SSSR count). The first-order valence-electron chi connectivity index (χ1n) is 4.71. The summed E-state index contributed by atoms with van der Waals surface area (Å²) in [5.74, 6) is 0.261. The van der Waals surface area contributed by atoms with Crippen LogP contribution in [0.4, 0.5) is 0 Å². The van der Waals surface area contributed by atoms with Gasteiger partial charge in [0.1, 0.15) is 5.75 Å². The zero-order valence-corrected chi connectivity index (χ0v) is 9.41. The van der Waals surface area contributed by atoms with Gasteiger partial charge in [-0.25, -0.2) is 0 Å². The Morgan fingerprint density at radius 1 is 1.13 bits per heavy atom. The van der Waals surface area contributed by atoms with Crippen molar-refractivity contribution < 1.29 is 10.2 Å². The number of aromatic hydroxyl groups is 1. The minimum absolute atomic E-state index is 0.250. The van der Waals surface area contributed by atoms with Crippen LogP contribution in [0.5, 0.6) is 5.75 Å². The van der Waals surface area contributed by atoms with Gasteiger partial charge < -0.3 is 10.2 Å². The van der Waals surface area contributed by atoms with Crippen LogP contribution in [0.15, 0.2) is 41.3 Å². The number of hydrogen-bond donors (Lipinski definition) is 3. The molecule has 0 heterocycles. The number of phenols is 1. The molecule has 0 spiro atoms. The number of aliphatic hydroxyl groups excluding tert-OH is 1. The molecule has 2 N–H and O–H groups in total. The molecule has 0 saturated carbocycles. The first-order valence-corrected chi connectivity index (χ1v) is 5.16. The summed E-state index contributed by atoms with van der Waals surface area (Å²) in [7, 11) is 0. The van der Waals surface area contributed by atoms with Gasteiger partial charge >= 0.3 is 0 Å². The first-order chi connectivity index (χ1) is 7.20. The van der Waals surface area contributed by atoms with Crippen LogP contribution in [0.3, 0.4) is 0 Å². The highest BCUT2D eigenvalue weighted by Gasteiger charge is 2.00. The van der Waals surface area contributed by atoms with Crippen molar-refractivity contribution in [2.75, 3.05) is 6.61 Å². The van der Waals surface area contributed by atoms with Crippen molar-refractivity contribution in [2.24, 2.45) is 0 Å². The van der Waals surface area contributed by atoms with Gasteiger partial charge in [0.25, 0.3) is 0 Å². The molecule has 2 nitrogen and oxygen atoms in total. The fourth-order valence-corrected chi connectivity index (χ4v) is 1.44. The fraction of sp³-hybridized carbons (Fsp3) is 0.167. The van der Waals surface area contributed by atoms with E-state index in [0.717, 1.165) is 10.8 Å². The normalized spacial score (nSPS) is 9.53. The number of hydrogen-bond acceptors (Lipinski definition) is 3. The summed E-state index contributed by atoms with van der Waals surface area (Å²) in [5.41, 5.74) is 0. The van der Waals surface area contributed by atoms with Gasteiger partial charge in [-0.15, -0.1) is 12.6 Å². The standard InChI is InChI=1S/C10H8OS.C2H6O/c11-10-8-4-2-1-3-7(8)5-6-9(10)12;1-2-3/h1-6,11-12H;3H,2H2,1H3. The van der Waals surface area contributed by atoms with Crippen LogP contribution in [-0.2, 0) is 0 Å². The molecule has 15 heavy (non-hydrogen) atoms. The van der Waals surface area contributed by atoms with Crippen LogP contribution in [0.25, 0.3) is 10.8 Å². The van der Waals surface area contributed by atoms with Crippen molar-refractivity contribution in [1.29, 1.82) is 0 Å². The zero-order valence-electron chi connectivity index (χ0n) is 8.51. The van der Waals surface area contributed by atoms with Gasteiger partial charge in [0.05, 0.1) is 0 Å². The minimum atomic E-state index is 0.250. The third-order valence-electron chi connectivity index (χ3n) is 1.88. The maximum atomic E-state index is 9.58. The summed E-state index contributed by atoms with van der Waals surface area (Å²) in [6.45, 7) is 1.93. The third-order valence-corrected chi connectivity index (χ3v) is 2.24. The highest BCUT2D eigenvalue weighted by Crippen LogP contribution is 2.30. The molecular formula is C12H14O2S. The molecule has 80 valence electrons. The smallest absolute Gasteiger partial charge is 0.136 e. The molecule has 3 heteroatoms. The van der Waals surface area contributed by atoms with Gasteiger partial charge in [-0.2, -0.15) is 0 Å². The quantitative estimate of drug-likeness (QED) is 0.600. The Balaban J connectivity index is 0.000000337. The Morgan fingerprint density at radius 3 is 2.40 bits per heavy atom. The molecule has 0 atom stereocenters. The summed E-state index contributed by atoms with van der Waals surface area (Å²) in [6.07, 6.45) is 0. The van der Waals surface area contributed by atoms with E-state index in [-0.39, 0.29) is 12.4 Å². The molecule has 0 radical (unpaired) electrons. The maximum absolute atomic E-state index is 9.58. The lowest BCUT2D eigenvalue weighted by Gasteiger charge is -2.01. The largest absolute Gasteiger partial charge is 0.506 e. The van der Waals surface area contributed by atoms with Crippen LogP contribution in [0, 0.1) is 0 Å². The highest BCUT2D eigenvalue weighted by molar-refractivity contribution is 7.80. The number of benzene rings is 2.